The molecule has 0 aliphatic heterocycles. The second-order valence-corrected chi connectivity index (χ2v) is 5.47. The van der Waals surface area contributed by atoms with E-state index in [-0.39, 0.29) is 6.10 Å². The molecule has 0 aromatic rings. The number of aliphatic hydroxyl groups excluding tert-OH is 1. The molecule has 0 bridgehead atoms. The molecule has 1 aliphatic rings. The number of hydrogen-bond donors (Lipinski definition) is 2. The standard InChI is InChI=1S/C15H29NO/c1-3-5-13(4-2)10-11-16-12-14-6-8-15(17)9-7-14/h3,13-17H,1,4-12H2,2H3. The summed E-state index contributed by atoms with van der Waals surface area (Å²) in [4.78, 5) is 0. The normalized spacial score (nSPS) is 26.7. The van der Waals surface area contributed by atoms with Gasteiger partial charge in [-0.3, -0.25) is 0 Å². The molecular weight excluding hydrogens is 210 g/mol. The van der Waals surface area contributed by atoms with Crippen molar-refractivity contribution in [1.29, 1.82) is 0 Å². The Labute approximate surface area is 106 Å². The third kappa shape index (κ3) is 6.23. The van der Waals surface area contributed by atoms with Gasteiger partial charge in [-0.2, -0.15) is 0 Å². The molecular formula is C15H29NO. The summed E-state index contributed by atoms with van der Waals surface area (Å²) in [6.07, 6.45) is 10.1. The van der Waals surface area contributed by atoms with Crippen LogP contribution >= 0.6 is 0 Å². The Balaban J connectivity index is 2.01. The maximum atomic E-state index is 9.43. The Morgan fingerprint density at radius 2 is 2.06 bits per heavy atom. The van der Waals surface area contributed by atoms with E-state index in [1.54, 1.807) is 0 Å². The minimum Gasteiger partial charge on any atom is -0.393 e. The number of rotatable bonds is 8. The lowest BCUT2D eigenvalue weighted by Crippen LogP contribution is -2.29. The van der Waals surface area contributed by atoms with Gasteiger partial charge in [-0.15, -0.1) is 6.58 Å². The van der Waals surface area contributed by atoms with E-state index in [9.17, 15) is 5.11 Å². The van der Waals surface area contributed by atoms with Crippen LogP contribution in [0.5, 0.6) is 0 Å². The SMILES string of the molecule is C=CCC(CC)CCNCC1CCC(O)CC1. The lowest BCUT2D eigenvalue weighted by molar-refractivity contribution is 0.108. The van der Waals surface area contributed by atoms with Crippen LogP contribution in [0.25, 0.3) is 0 Å². The third-order valence-electron chi connectivity index (χ3n) is 4.06. The molecule has 2 heteroatoms. The van der Waals surface area contributed by atoms with E-state index in [0.717, 1.165) is 44.2 Å². The summed E-state index contributed by atoms with van der Waals surface area (Å²) in [5, 5.41) is 13.0. The zero-order valence-electron chi connectivity index (χ0n) is 11.3. The monoisotopic (exact) mass is 239 g/mol. The predicted octanol–water partition coefficient (Wildman–Crippen LogP) is 3.12. The van der Waals surface area contributed by atoms with Crippen LogP contribution in [0.3, 0.4) is 0 Å². The average Bonchev–Trinajstić information content (AvgIpc) is 2.35. The van der Waals surface area contributed by atoms with Crippen molar-refractivity contribution < 1.29 is 5.11 Å². The van der Waals surface area contributed by atoms with E-state index in [4.69, 9.17) is 0 Å². The van der Waals surface area contributed by atoms with Gasteiger partial charge in [0.05, 0.1) is 6.10 Å². The van der Waals surface area contributed by atoms with Gasteiger partial charge in [-0.25, -0.2) is 0 Å². The van der Waals surface area contributed by atoms with Crippen LogP contribution in [0.1, 0.15) is 51.9 Å². The van der Waals surface area contributed by atoms with Crippen LogP contribution in [-0.4, -0.2) is 24.3 Å². The summed E-state index contributed by atoms with van der Waals surface area (Å²) < 4.78 is 0. The van der Waals surface area contributed by atoms with Crippen molar-refractivity contribution in [2.24, 2.45) is 11.8 Å². The fourth-order valence-electron chi connectivity index (χ4n) is 2.69. The van der Waals surface area contributed by atoms with Crippen LogP contribution < -0.4 is 5.32 Å². The summed E-state index contributed by atoms with van der Waals surface area (Å²) in [6, 6.07) is 0. The topological polar surface area (TPSA) is 32.3 Å². The Morgan fingerprint density at radius 3 is 2.65 bits per heavy atom. The van der Waals surface area contributed by atoms with Crippen molar-refractivity contribution in [3.05, 3.63) is 12.7 Å². The Kier molecular flexibility index (Phi) is 7.54. The Morgan fingerprint density at radius 1 is 1.35 bits per heavy atom. The fourth-order valence-corrected chi connectivity index (χ4v) is 2.69. The van der Waals surface area contributed by atoms with Gasteiger partial charge in [0.1, 0.15) is 0 Å². The van der Waals surface area contributed by atoms with E-state index in [1.807, 2.05) is 6.08 Å². The van der Waals surface area contributed by atoms with Crippen LogP contribution in [0.15, 0.2) is 12.7 Å². The second-order valence-electron chi connectivity index (χ2n) is 5.47. The molecule has 0 amide bonds. The first-order valence-electron chi connectivity index (χ1n) is 7.25. The summed E-state index contributed by atoms with van der Waals surface area (Å²) in [7, 11) is 0. The van der Waals surface area contributed by atoms with Crippen LogP contribution in [0, 0.1) is 11.8 Å². The zero-order chi connectivity index (χ0) is 12.5. The van der Waals surface area contributed by atoms with Crippen molar-refractivity contribution in [2.75, 3.05) is 13.1 Å². The minimum absolute atomic E-state index is 0.0247. The molecule has 1 saturated carbocycles. The molecule has 17 heavy (non-hydrogen) atoms. The average molecular weight is 239 g/mol. The highest BCUT2D eigenvalue weighted by atomic mass is 16.3. The largest absolute Gasteiger partial charge is 0.393 e. The lowest BCUT2D eigenvalue weighted by Gasteiger charge is -2.25. The van der Waals surface area contributed by atoms with Crippen molar-refractivity contribution >= 4 is 0 Å². The van der Waals surface area contributed by atoms with Gasteiger partial charge in [-0.1, -0.05) is 19.4 Å². The third-order valence-corrected chi connectivity index (χ3v) is 4.06. The zero-order valence-corrected chi connectivity index (χ0v) is 11.3. The second kappa shape index (κ2) is 8.71. The van der Waals surface area contributed by atoms with Crippen LogP contribution in [0.4, 0.5) is 0 Å². The number of allylic oxidation sites excluding steroid dienone is 1. The maximum absolute atomic E-state index is 9.43. The summed E-state index contributed by atoms with van der Waals surface area (Å²) in [6.45, 7) is 8.34. The van der Waals surface area contributed by atoms with Crippen molar-refractivity contribution in [1.82, 2.24) is 5.32 Å². The highest BCUT2D eigenvalue weighted by molar-refractivity contribution is 4.75. The first kappa shape index (κ1) is 14.7. The van der Waals surface area contributed by atoms with Gasteiger partial charge in [0.15, 0.2) is 0 Å². The van der Waals surface area contributed by atoms with E-state index < -0.39 is 0 Å². The predicted molar refractivity (Wildman–Crippen MR) is 74.0 cm³/mol. The van der Waals surface area contributed by atoms with Gasteiger partial charge in [0.2, 0.25) is 0 Å². The number of nitrogens with one attached hydrogen (secondary N) is 1. The highest BCUT2D eigenvalue weighted by Gasteiger charge is 2.18. The van der Waals surface area contributed by atoms with Gasteiger partial charge in [-0.05, 0) is 63.5 Å². The maximum Gasteiger partial charge on any atom is 0.0540 e. The lowest BCUT2D eigenvalue weighted by atomic mass is 9.87. The summed E-state index contributed by atoms with van der Waals surface area (Å²) >= 11 is 0. The van der Waals surface area contributed by atoms with Crippen molar-refractivity contribution in [3.63, 3.8) is 0 Å². The molecule has 0 aromatic carbocycles. The van der Waals surface area contributed by atoms with Crippen molar-refractivity contribution in [2.45, 2.75) is 58.0 Å². The molecule has 1 rings (SSSR count). The van der Waals surface area contributed by atoms with E-state index in [2.05, 4.69) is 18.8 Å². The molecule has 1 aliphatic carbocycles. The molecule has 1 atom stereocenters. The smallest absolute Gasteiger partial charge is 0.0540 e. The molecule has 2 N–H and O–H groups in total. The molecule has 0 saturated heterocycles. The molecule has 0 aromatic heterocycles. The number of aliphatic hydroxyl groups is 1. The quantitative estimate of drug-likeness (QED) is 0.504. The molecule has 2 nitrogen and oxygen atoms in total. The first-order chi connectivity index (χ1) is 8.26. The molecule has 1 unspecified atom stereocenters. The fraction of sp³-hybridized carbons (Fsp3) is 0.867. The minimum atomic E-state index is -0.0247. The Hall–Kier alpha value is -0.340. The number of hydrogen-bond acceptors (Lipinski definition) is 2. The first-order valence-corrected chi connectivity index (χ1v) is 7.25. The Bertz CT molecular complexity index is 197. The van der Waals surface area contributed by atoms with Crippen molar-refractivity contribution in [3.8, 4) is 0 Å². The molecule has 0 radical (unpaired) electrons. The van der Waals surface area contributed by atoms with Gasteiger partial charge >= 0.3 is 0 Å². The summed E-state index contributed by atoms with van der Waals surface area (Å²) in [5.41, 5.74) is 0. The summed E-state index contributed by atoms with van der Waals surface area (Å²) in [5.74, 6) is 1.59. The molecule has 1 fully saturated rings. The van der Waals surface area contributed by atoms with E-state index in [0.29, 0.717) is 0 Å². The van der Waals surface area contributed by atoms with E-state index >= 15 is 0 Å². The molecule has 100 valence electrons. The van der Waals surface area contributed by atoms with E-state index in [1.165, 1.54) is 25.7 Å². The van der Waals surface area contributed by atoms with Gasteiger partial charge < -0.3 is 10.4 Å². The molecule has 0 spiro atoms. The van der Waals surface area contributed by atoms with Crippen LogP contribution in [-0.2, 0) is 0 Å². The van der Waals surface area contributed by atoms with Gasteiger partial charge in [0.25, 0.3) is 0 Å². The molecule has 0 heterocycles. The van der Waals surface area contributed by atoms with Crippen LogP contribution in [0.2, 0.25) is 0 Å². The highest BCUT2D eigenvalue weighted by Crippen LogP contribution is 2.23. The van der Waals surface area contributed by atoms with Gasteiger partial charge in [0, 0.05) is 0 Å².